The van der Waals surface area contributed by atoms with E-state index in [1.165, 1.54) is 0 Å². The fourth-order valence-electron chi connectivity index (χ4n) is 2.88. The van der Waals surface area contributed by atoms with E-state index in [9.17, 15) is 4.79 Å². The van der Waals surface area contributed by atoms with Crippen LogP contribution in [0, 0.1) is 0 Å². The molecule has 3 N–H and O–H groups in total. The molecule has 0 spiro atoms. The molecule has 0 radical (unpaired) electrons. The van der Waals surface area contributed by atoms with Crippen LogP contribution in [0.5, 0.6) is 0 Å². The standard InChI is InChI=1S/C17H17N5O2S/c18-14(23)13-5-4-10(24-13)9-20-15-11-6-8-25-17(11)22-16(21-15)12-3-1-2-7-19-12/h1-3,6-8,10,13H,4-5,9H2,(H2,18,23)(H,20,21,22). The SMILES string of the molecule is NC(=O)C1CCC(CNc2nc(-c3ccccn3)nc3sccc23)O1. The Morgan fingerprint density at radius 1 is 1.32 bits per heavy atom. The Labute approximate surface area is 148 Å². The monoisotopic (exact) mass is 355 g/mol. The van der Waals surface area contributed by atoms with E-state index in [0.29, 0.717) is 18.8 Å². The van der Waals surface area contributed by atoms with Gasteiger partial charge >= 0.3 is 0 Å². The second kappa shape index (κ2) is 6.73. The van der Waals surface area contributed by atoms with Gasteiger partial charge in [0.05, 0.1) is 11.5 Å². The van der Waals surface area contributed by atoms with E-state index < -0.39 is 12.0 Å². The lowest BCUT2D eigenvalue weighted by atomic mass is 10.2. The summed E-state index contributed by atoms with van der Waals surface area (Å²) >= 11 is 1.56. The van der Waals surface area contributed by atoms with E-state index in [2.05, 4.69) is 20.3 Å². The number of carbonyl (C=O) groups is 1. The van der Waals surface area contributed by atoms with Gasteiger partial charge in [0.15, 0.2) is 5.82 Å². The van der Waals surface area contributed by atoms with Gasteiger partial charge < -0.3 is 15.8 Å². The van der Waals surface area contributed by atoms with Crippen molar-refractivity contribution in [1.82, 2.24) is 15.0 Å². The Morgan fingerprint density at radius 2 is 2.24 bits per heavy atom. The van der Waals surface area contributed by atoms with E-state index in [0.717, 1.165) is 28.1 Å². The Morgan fingerprint density at radius 3 is 3.00 bits per heavy atom. The molecule has 25 heavy (non-hydrogen) atoms. The van der Waals surface area contributed by atoms with Crippen LogP contribution in [0.25, 0.3) is 21.7 Å². The van der Waals surface area contributed by atoms with Crippen molar-refractivity contribution in [3.05, 3.63) is 35.8 Å². The maximum Gasteiger partial charge on any atom is 0.246 e. The van der Waals surface area contributed by atoms with Crippen LogP contribution >= 0.6 is 11.3 Å². The molecule has 0 aliphatic carbocycles. The van der Waals surface area contributed by atoms with Gasteiger partial charge in [-0.05, 0) is 36.4 Å². The quantitative estimate of drug-likeness (QED) is 0.727. The number of anilines is 1. The third kappa shape index (κ3) is 3.31. The van der Waals surface area contributed by atoms with Crippen molar-refractivity contribution in [2.75, 3.05) is 11.9 Å². The molecule has 3 aromatic rings. The number of thiophene rings is 1. The number of amides is 1. The largest absolute Gasteiger partial charge is 0.367 e. The molecule has 3 aromatic heterocycles. The van der Waals surface area contributed by atoms with E-state index in [1.54, 1.807) is 17.5 Å². The van der Waals surface area contributed by atoms with Gasteiger partial charge in [-0.1, -0.05) is 6.07 Å². The van der Waals surface area contributed by atoms with Crippen molar-refractivity contribution in [2.45, 2.75) is 25.0 Å². The highest BCUT2D eigenvalue weighted by Crippen LogP contribution is 2.28. The van der Waals surface area contributed by atoms with Gasteiger partial charge in [-0.15, -0.1) is 11.3 Å². The number of pyridine rings is 1. The summed E-state index contributed by atoms with van der Waals surface area (Å²) in [7, 11) is 0. The van der Waals surface area contributed by atoms with Crippen LogP contribution in [0.2, 0.25) is 0 Å². The van der Waals surface area contributed by atoms with Gasteiger partial charge in [0.2, 0.25) is 5.91 Å². The zero-order valence-electron chi connectivity index (χ0n) is 13.4. The number of nitrogens with one attached hydrogen (secondary N) is 1. The van der Waals surface area contributed by atoms with Crippen molar-refractivity contribution in [1.29, 1.82) is 0 Å². The van der Waals surface area contributed by atoms with Gasteiger partial charge in [-0.2, -0.15) is 0 Å². The molecule has 2 atom stereocenters. The average Bonchev–Trinajstić information content (AvgIpc) is 3.29. The molecule has 7 nitrogen and oxygen atoms in total. The third-order valence-electron chi connectivity index (χ3n) is 4.14. The Bertz CT molecular complexity index is 898. The number of hydrogen-bond acceptors (Lipinski definition) is 7. The summed E-state index contributed by atoms with van der Waals surface area (Å²) in [5.74, 6) is 0.931. The van der Waals surface area contributed by atoms with E-state index >= 15 is 0 Å². The van der Waals surface area contributed by atoms with Gasteiger partial charge in [0, 0.05) is 12.7 Å². The van der Waals surface area contributed by atoms with Crippen molar-refractivity contribution in [3.63, 3.8) is 0 Å². The van der Waals surface area contributed by atoms with Gasteiger partial charge in [0.1, 0.15) is 22.4 Å². The topological polar surface area (TPSA) is 103 Å². The van der Waals surface area contributed by atoms with Gasteiger partial charge in [0.25, 0.3) is 0 Å². The van der Waals surface area contributed by atoms with Crippen molar-refractivity contribution < 1.29 is 9.53 Å². The molecular weight excluding hydrogens is 338 g/mol. The number of primary amides is 1. The molecular formula is C17H17N5O2S. The van der Waals surface area contributed by atoms with Gasteiger partial charge in [-0.3, -0.25) is 9.78 Å². The number of aromatic nitrogens is 3. The minimum Gasteiger partial charge on any atom is -0.367 e. The molecule has 0 aromatic carbocycles. The lowest BCUT2D eigenvalue weighted by Crippen LogP contribution is -2.30. The molecule has 4 rings (SSSR count). The normalized spacial score (nSPS) is 20.0. The molecule has 0 saturated carbocycles. The Kier molecular flexibility index (Phi) is 4.29. The number of hydrogen-bond donors (Lipinski definition) is 2. The predicted molar refractivity (Wildman–Crippen MR) is 96.2 cm³/mol. The summed E-state index contributed by atoms with van der Waals surface area (Å²) in [6, 6.07) is 7.65. The van der Waals surface area contributed by atoms with Crippen LogP contribution in [-0.4, -0.2) is 39.6 Å². The van der Waals surface area contributed by atoms with Crippen LogP contribution in [0.15, 0.2) is 35.8 Å². The number of rotatable bonds is 5. The first-order chi connectivity index (χ1) is 12.2. The summed E-state index contributed by atoms with van der Waals surface area (Å²) in [5.41, 5.74) is 6.03. The molecule has 1 amide bonds. The molecule has 4 heterocycles. The third-order valence-corrected chi connectivity index (χ3v) is 4.95. The van der Waals surface area contributed by atoms with Crippen LogP contribution in [0.1, 0.15) is 12.8 Å². The fraction of sp³-hybridized carbons (Fsp3) is 0.294. The smallest absolute Gasteiger partial charge is 0.246 e. The van der Waals surface area contributed by atoms with Crippen molar-refractivity contribution in [2.24, 2.45) is 5.73 Å². The molecule has 1 fully saturated rings. The minimum absolute atomic E-state index is 0.0561. The van der Waals surface area contributed by atoms with Crippen LogP contribution in [0.4, 0.5) is 5.82 Å². The van der Waals surface area contributed by atoms with E-state index in [-0.39, 0.29) is 6.10 Å². The lowest BCUT2D eigenvalue weighted by molar-refractivity contribution is -0.128. The highest BCUT2D eigenvalue weighted by Gasteiger charge is 2.29. The second-order valence-electron chi connectivity index (χ2n) is 5.86. The summed E-state index contributed by atoms with van der Waals surface area (Å²) in [4.78, 5) is 25.7. The zero-order chi connectivity index (χ0) is 17.2. The first kappa shape index (κ1) is 15.9. The summed E-state index contributed by atoms with van der Waals surface area (Å²) < 4.78 is 5.66. The molecule has 1 aliphatic heterocycles. The predicted octanol–water partition coefficient (Wildman–Crippen LogP) is 2.20. The molecule has 1 aliphatic rings. The van der Waals surface area contributed by atoms with Crippen molar-refractivity contribution >= 4 is 33.3 Å². The number of nitrogens with zero attached hydrogens (tertiary/aromatic N) is 3. The molecule has 0 bridgehead atoms. The van der Waals surface area contributed by atoms with E-state index in [1.807, 2.05) is 29.6 Å². The Hall–Kier alpha value is -2.58. The van der Waals surface area contributed by atoms with Crippen LogP contribution in [-0.2, 0) is 9.53 Å². The first-order valence-electron chi connectivity index (χ1n) is 8.06. The molecule has 2 unspecified atom stereocenters. The lowest BCUT2D eigenvalue weighted by Gasteiger charge is -2.14. The summed E-state index contributed by atoms with van der Waals surface area (Å²) in [6.45, 7) is 0.563. The van der Waals surface area contributed by atoms with Crippen LogP contribution in [0.3, 0.4) is 0 Å². The number of nitrogens with two attached hydrogens (primary N) is 1. The maximum absolute atomic E-state index is 11.2. The summed E-state index contributed by atoms with van der Waals surface area (Å²) in [6.07, 6.45) is 2.65. The second-order valence-corrected chi connectivity index (χ2v) is 6.75. The maximum atomic E-state index is 11.2. The zero-order valence-corrected chi connectivity index (χ0v) is 14.2. The van der Waals surface area contributed by atoms with Crippen molar-refractivity contribution in [3.8, 4) is 11.5 Å². The fourth-order valence-corrected chi connectivity index (χ4v) is 3.64. The van der Waals surface area contributed by atoms with Crippen LogP contribution < -0.4 is 11.1 Å². The Balaban J connectivity index is 1.57. The first-order valence-corrected chi connectivity index (χ1v) is 8.94. The molecule has 1 saturated heterocycles. The molecule has 8 heteroatoms. The highest BCUT2D eigenvalue weighted by molar-refractivity contribution is 7.16. The number of ether oxygens (including phenoxy) is 1. The van der Waals surface area contributed by atoms with E-state index in [4.69, 9.17) is 10.5 Å². The average molecular weight is 355 g/mol. The number of fused-ring (bicyclic) bond motifs is 1. The minimum atomic E-state index is -0.484. The summed E-state index contributed by atoms with van der Waals surface area (Å²) in [5, 5.41) is 6.29. The van der Waals surface area contributed by atoms with Gasteiger partial charge in [-0.25, -0.2) is 9.97 Å². The highest BCUT2D eigenvalue weighted by atomic mass is 32.1. The molecule has 128 valence electrons. The number of carbonyl (C=O) groups excluding carboxylic acids is 1.